The molecule has 0 bridgehead atoms. The van der Waals surface area contributed by atoms with Crippen LogP contribution in [0.2, 0.25) is 0 Å². The van der Waals surface area contributed by atoms with Gasteiger partial charge in [-0.1, -0.05) is 22.0 Å². The molecule has 1 heterocycles. The van der Waals surface area contributed by atoms with E-state index in [1.165, 1.54) is 11.3 Å². The number of halogens is 1. The fourth-order valence-electron chi connectivity index (χ4n) is 1.52. The Morgan fingerprint density at radius 3 is 2.94 bits per heavy atom. The number of benzene rings is 1. The second-order valence-corrected chi connectivity index (χ2v) is 5.61. The number of hydrogen-bond donors (Lipinski definition) is 1. The lowest BCUT2D eigenvalue weighted by Crippen LogP contribution is -2.02. The highest BCUT2D eigenvalue weighted by Gasteiger charge is 2.12. The van der Waals surface area contributed by atoms with Gasteiger partial charge in [0.25, 0.3) is 0 Å². The maximum atomic E-state index is 11.0. The summed E-state index contributed by atoms with van der Waals surface area (Å²) in [5, 5.41) is 10.8. The Kier molecular flexibility index (Phi) is 4.04. The van der Waals surface area contributed by atoms with Gasteiger partial charge in [-0.3, -0.25) is 0 Å². The quantitative estimate of drug-likeness (QED) is 0.920. The maximum absolute atomic E-state index is 11.0. The SMILES string of the molecule is Cc1ccc(Br)cc1OCc1ccsc1C(=O)O. The van der Waals surface area contributed by atoms with E-state index in [9.17, 15) is 4.79 Å². The van der Waals surface area contributed by atoms with Crippen LogP contribution in [0.25, 0.3) is 0 Å². The van der Waals surface area contributed by atoms with E-state index in [4.69, 9.17) is 9.84 Å². The van der Waals surface area contributed by atoms with Gasteiger partial charge in [-0.25, -0.2) is 4.79 Å². The summed E-state index contributed by atoms with van der Waals surface area (Å²) in [5.74, 6) is -0.151. The summed E-state index contributed by atoms with van der Waals surface area (Å²) in [7, 11) is 0. The molecule has 2 aromatic rings. The molecule has 18 heavy (non-hydrogen) atoms. The smallest absolute Gasteiger partial charge is 0.346 e. The lowest BCUT2D eigenvalue weighted by atomic mass is 10.2. The van der Waals surface area contributed by atoms with E-state index >= 15 is 0 Å². The van der Waals surface area contributed by atoms with Crippen molar-refractivity contribution in [3.8, 4) is 5.75 Å². The van der Waals surface area contributed by atoms with E-state index in [-0.39, 0.29) is 6.61 Å². The van der Waals surface area contributed by atoms with Crippen molar-refractivity contribution in [3.63, 3.8) is 0 Å². The third-order valence-electron chi connectivity index (χ3n) is 2.47. The maximum Gasteiger partial charge on any atom is 0.346 e. The standard InChI is InChI=1S/C13H11BrO3S/c1-8-2-3-10(14)6-11(8)17-7-9-4-5-18-12(9)13(15)16/h2-6H,7H2,1H3,(H,15,16). The number of hydrogen-bond acceptors (Lipinski definition) is 3. The van der Waals surface area contributed by atoms with E-state index in [1.54, 1.807) is 11.4 Å². The highest BCUT2D eigenvalue weighted by Crippen LogP contribution is 2.25. The minimum Gasteiger partial charge on any atom is -0.489 e. The van der Waals surface area contributed by atoms with Crippen LogP contribution in [0.5, 0.6) is 5.75 Å². The van der Waals surface area contributed by atoms with Crippen LogP contribution in [0.15, 0.2) is 34.1 Å². The summed E-state index contributed by atoms with van der Waals surface area (Å²) in [4.78, 5) is 11.3. The summed E-state index contributed by atoms with van der Waals surface area (Å²) in [6, 6.07) is 7.55. The first-order valence-corrected chi connectivity index (χ1v) is 6.94. The number of thiophene rings is 1. The minimum atomic E-state index is -0.908. The zero-order chi connectivity index (χ0) is 13.1. The third-order valence-corrected chi connectivity index (χ3v) is 3.91. The molecule has 0 fully saturated rings. The number of aryl methyl sites for hydroxylation is 1. The lowest BCUT2D eigenvalue weighted by Gasteiger charge is -2.09. The van der Waals surface area contributed by atoms with Crippen LogP contribution in [0, 0.1) is 6.92 Å². The molecule has 0 saturated carbocycles. The van der Waals surface area contributed by atoms with Gasteiger partial charge in [-0.05, 0) is 36.1 Å². The van der Waals surface area contributed by atoms with Crippen molar-refractivity contribution in [2.45, 2.75) is 13.5 Å². The fourth-order valence-corrected chi connectivity index (χ4v) is 2.61. The van der Waals surface area contributed by atoms with Gasteiger partial charge >= 0.3 is 5.97 Å². The molecule has 0 atom stereocenters. The fraction of sp³-hybridized carbons (Fsp3) is 0.154. The average molecular weight is 327 g/mol. The summed E-state index contributed by atoms with van der Waals surface area (Å²) in [6.07, 6.45) is 0. The Bertz CT molecular complexity index is 577. The molecule has 0 unspecified atom stereocenters. The van der Waals surface area contributed by atoms with E-state index in [0.717, 1.165) is 15.8 Å². The molecular formula is C13H11BrO3S. The van der Waals surface area contributed by atoms with Crippen LogP contribution in [0.1, 0.15) is 20.8 Å². The Morgan fingerprint density at radius 2 is 2.22 bits per heavy atom. The normalized spacial score (nSPS) is 10.3. The van der Waals surface area contributed by atoms with E-state index in [0.29, 0.717) is 10.4 Å². The van der Waals surface area contributed by atoms with Crippen molar-refractivity contribution in [1.82, 2.24) is 0 Å². The minimum absolute atomic E-state index is 0.266. The second kappa shape index (κ2) is 5.54. The van der Waals surface area contributed by atoms with Crippen LogP contribution in [-0.4, -0.2) is 11.1 Å². The molecule has 0 aliphatic carbocycles. The molecule has 2 rings (SSSR count). The molecule has 0 aliphatic heterocycles. The van der Waals surface area contributed by atoms with Crippen molar-refractivity contribution in [2.24, 2.45) is 0 Å². The molecule has 94 valence electrons. The van der Waals surface area contributed by atoms with Crippen LogP contribution in [0.3, 0.4) is 0 Å². The van der Waals surface area contributed by atoms with Gasteiger partial charge in [0.2, 0.25) is 0 Å². The number of aromatic carboxylic acids is 1. The highest BCUT2D eigenvalue weighted by atomic mass is 79.9. The van der Waals surface area contributed by atoms with Crippen LogP contribution in [0.4, 0.5) is 0 Å². The van der Waals surface area contributed by atoms with E-state index < -0.39 is 5.97 Å². The average Bonchev–Trinajstić information content (AvgIpc) is 2.79. The van der Waals surface area contributed by atoms with Crippen LogP contribution in [-0.2, 0) is 6.61 Å². The van der Waals surface area contributed by atoms with Gasteiger partial charge < -0.3 is 9.84 Å². The predicted octanol–water partition coefficient (Wildman–Crippen LogP) is 4.10. The van der Waals surface area contributed by atoms with Crippen molar-refractivity contribution in [2.75, 3.05) is 0 Å². The first-order chi connectivity index (χ1) is 8.58. The van der Waals surface area contributed by atoms with Crippen molar-refractivity contribution >= 4 is 33.2 Å². The molecule has 3 nitrogen and oxygen atoms in total. The molecule has 1 N–H and O–H groups in total. The zero-order valence-electron chi connectivity index (χ0n) is 9.64. The number of ether oxygens (including phenoxy) is 1. The Hall–Kier alpha value is -1.33. The number of carbonyl (C=O) groups is 1. The van der Waals surface area contributed by atoms with Crippen molar-refractivity contribution in [1.29, 1.82) is 0 Å². The molecular weight excluding hydrogens is 316 g/mol. The third kappa shape index (κ3) is 2.91. The van der Waals surface area contributed by atoms with Gasteiger partial charge in [0.15, 0.2) is 0 Å². The summed E-state index contributed by atoms with van der Waals surface area (Å²) in [6.45, 7) is 2.22. The first-order valence-electron chi connectivity index (χ1n) is 5.26. The summed E-state index contributed by atoms with van der Waals surface area (Å²) in [5.41, 5.74) is 1.72. The first kappa shape index (κ1) is 13.1. The largest absolute Gasteiger partial charge is 0.489 e. The predicted molar refractivity (Wildman–Crippen MR) is 74.5 cm³/mol. The van der Waals surface area contributed by atoms with E-state index in [1.807, 2.05) is 25.1 Å². The van der Waals surface area contributed by atoms with E-state index in [2.05, 4.69) is 15.9 Å². The number of rotatable bonds is 4. The molecule has 0 saturated heterocycles. The molecule has 1 aromatic carbocycles. The summed E-state index contributed by atoms with van der Waals surface area (Å²) >= 11 is 4.59. The molecule has 0 amide bonds. The molecule has 1 aromatic heterocycles. The monoisotopic (exact) mass is 326 g/mol. The van der Waals surface area contributed by atoms with Crippen molar-refractivity contribution < 1.29 is 14.6 Å². The Balaban J connectivity index is 2.14. The Labute approximate surface area is 117 Å². The Morgan fingerprint density at radius 1 is 1.44 bits per heavy atom. The molecule has 5 heteroatoms. The van der Waals surface area contributed by atoms with Crippen molar-refractivity contribution in [3.05, 3.63) is 50.1 Å². The number of carboxylic acids is 1. The summed E-state index contributed by atoms with van der Waals surface area (Å²) < 4.78 is 6.60. The number of carboxylic acid groups (broad SMARTS) is 1. The van der Waals surface area contributed by atoms with Gasteiger partial charge in [0.05, 0.1) is 0 Å². The lowest BCUT2D eigenvalue weighted by molar-refractivity contribution is 0.0699. The van der Waals surface area contributed by atoms with Gasteiger partial charge in [0, 0.05) is 10.0 Å². The van der Waals surface area contributed by atoms with Gasteiger partial charge in [0.1, 0.15) is 17.2 Å². The van der Waals surface area contributed by atoms with Crippen LogP contribution < -0.4 is 4.74 Å². The topological polar surface area (TPSA) is 46.5 Å². The highest BCUT2D eigenvalue weighted by molar-refractivity contribution is 9.10. The van der Waals surface area contributed by atoms with Gasteiger partial charge in [-0.2, -0.15) is 0 Å². The second-order valence-electron chi connectivity index (χ2n) is 3.78. The zero-order valence-corrected chi connectivity index (χ0v) is 12.0. The van der Waals surface area contributed by atoms with Gasteiger partial charge in [-0.15, -0.1) is 11.3 Å². The molecule has 0 radical (unpaired) electrons. The van der Waals surface area contributed by atoms with Crippen LogP contribution >= 0.6 is 27.3 Å². The molecule has 0 spiro atoms. The molecule has 0 aliphatic rings.